The molecule has 0 bridgehead atoms. The van der Waals surface area contributed by atoms with Crippen LogP contribution in [0.5, 0.6) is 5.75 Å². The van der Waals surface area contributed by atoms with Gasteiger partial charge in [-0.05, 0) is 73.6 Å². The Morgan fingerprint density at radius 1 is 0.950 bits per heavy atom. The van der Waals surface area contributed by atoms with Gasteiger partial charge in [0.25, 0.3) is 0 Å². The van der Waals surface area contributed by atoms with Crippen LogP contribution in [0.2, 0.25) is 5.02 Å². The number of rotatable bonds is 8. The lowest BCUT2D eigenvalue weighted by atomic mass is 10.0. The van der Waals surface area contributed by atoms with Crippen molar-refractivity contribution < 1.29 is 22.7 Å². The van der Waals surface area contributed by atoms with Crippen molar-refractivity contribution in [1.29, 1.82) is 0 Å². The van der Waals surface area contributed by atoms with Crippen molar-refractivity contribution in [3.05, 3.63) is 106 Å². The minimum Gasteiger partial charge on any atom is -0.453 e. The highest BCUT2D eigenvalue weighted by Gasteiger charge is 2.32. The van der Waals surface area contributed by atoms with E-state index in [0.717, 1.165) is 30.7 Å². The molecule has 0 saturated heterocycles. The predicted molar refractivity (Wildman–Crippen MR) is 148 cm³/mol. The highest BCUT2D eigenvalue weighted by atomic mass is 35.5. The van der Waals surface area contributed by atoms with E-state index in [2.05, 4.69) is 10.0 Å². The van der Waals surface area contributed by atoms with Gasteiger partial charge < -0.3 is 9.64 Å². The van der Waals surface area contributed by atoms with Gasteiger partial charge in [0.05, 0.1) is 18.3 Å². The smallest absolute Gasteiger partial charge is 0.416 e. The number of amidine groups is 1. The third-order valence-electron chi connectivity index (χ3n) is 6.28. The van der Waals surface area contributed by atoms with Crippen LogP contribution >= 0.6 is 11.6 Å². The number of hydrazone groups is 2. The Labute approximate surface area is 235 Å². The summed E-state index contributed by atoms with van der Waals surface area (Å²) in [7, 11) is 4.07. The van der Waals surface area contributed by atoms with Gasteiger partial charge in [-0.1, -0.05) is 48.0 Å². The summed E-state index contributed by atoms with van der Waals surface area (Å²) < 4.78 is 45.3. The number of hydrogen-bond acceptors (Lipinski definition) is 7. The number of alkyl halides is 3. The quantitative estimate of drug-likeness (QED) is 0.320. The van der Waals surface area contributed by atoms with E-state index >= 15 is 0 Å². The molecule has 0 atom stereocenters. The predicted octanol–water partition coefficient (Wildman–Crippen LogP) is 6.27. The molecule has 0 saturated carbocycles. The molecule has 0 radical (unpaired) electrons. The molecule has 3 aromatic rings. The monoisotopic (exact) mass is 569 g/mol. The Balaban J connectivity index is 1.45. The number of allylic oxidation sites excluding steroid dienone is 1. The minimum absolute atomic E-state index is 0.0476. The standard InChI is InChI=1S/C29H27ClF3N5O2/c1-36(2)16-15-20-5-13-25(14-6-20)40-27-26(22-7-11-24(30)12-8-22)17-34-38-28(27)35-37(19-39-38)18-21-3-9-23(10-4-21)29(31,32)33/h3-14,17H,15-16,18-19H2,1-2H3. The van der Waals surface area contributed by atoms with Crippen LogP contribution in [0, 0.1) is 0 Å². The lowest BCUT2D eigenvalue weighted by Gasteiger charge is -2.33. The van der Waals surface area contributed by atoms with Crippen LogP contribution in [0.4, 0.5) is 13.2 Å². The van der Waals surface area contributed by atoms with Gasteiger partial charge in [-0.3, -0.25) is 5.01 Å². The van der Waals surface area contributed by atoms with E-state index in [9.17, 15) is 13.2 Å². The van der Waals surface area contributed by atoms with Crippen LogP contribution in [0.25, 0.3) is 5.57 Å². The molecule has 0 fully saturated rings. The maximum absolute atomic E-state index is 13.0. The third kappa shape index (κ3) is 6.64. The maximum atomic E-state index is 13.0. The number of fused-ring (bicyclic) bond motifs is 1. The average Bonchev–Trinajstić information content (AvgIpc) is 2.93. The topological polar surface area (TPSA) is 52.9 Å². The Morgan fingerprint density at radius 3 is 2.27 bits per heavy atom. The molecule has 3 aromatic carbocycles. The molecule has 5 rings (SSSR count). The highest BCUT2D eigenvalue weighted by molar-refractivity contribution is 6.30. The molecule has 2 aliphatic rings. The number of halogens is 4. The van der Waals surface area contributed by atoms with E-state index in [4.69, 9.17) is 26.3 Å². The zero-order chi connectivity index (χ0) is 28.3. The second kappa shape index (κ2) is 11.7. The number of likely N-dealkylation sites (N-methyl/N-ethyl adjacent to an activating group) is 1. The molecule has 7 nitrogen and oxygen atoms in total. The highest BCUT2D eigenvalue weighted by Crippen LogP contribution is 2.31. The zero-order valence-electron chi connectivity index (χ0n) is 21.9. The van der Waals surface area contributed by atoms with Crippen molar-refractivity contribution in [1.82, 2.24) is 15.1 Å². The summed E-state index contributed by atoms with van der Waals surface area (Å²) >= 11 is 6.11. The van der Waals surface area contributed by atoms with Crippen LogP contribution in [-0.2, 0) is 24.0 Å². The number of hydroxylamine groups is 1. The molecule has 0 aromatic heterocycles. The normalized spacial score (nSPS) is 15.4. The Kier molecular flexibility index (Phi) is 8.11. The third-order valence-corrected chi connectivity index (χ3v) is 6.53. The van der Waals surface area contributed by atoms with Crippen LogP contribution in [-0.4, -0.2) is 54.5 Å². The first kappa shape index (κ1) is 27.7. The lowest BCUT2D eigenvalue weighted by molar-refractivity contribution is -0.162. The first-order valence-corrected chi connectivity index (χ1v) is 12.9. The van der Waals surface area contributed by atoms with Crippen molar-refractivity contribution >= 4 is 29.2 Å². The van der Waals surface area contributed by atoms with Gasteiger partial charge in [-0.15, -0.1) is 10.3 Å². The summed E-state index contributed by atoms with van der Waals surface area (Å²) in [6.45, 7) is 1.20. The van der Waals surface area contributed by atoms with Gasteiger partial charge in [-0.2, -0.15) is 18.3 Å². The van der Waals surface area contributed by atoms with Crippen molar-refractivity contribution in [3.63, 3.8) is 0 Å². The lowest BCUT2D eigenvalue weighted by Crippen LogP contribution is -2.42. The minimum atomic E-state index is -4.40. The molecule has 0 aliphatic carbocycles. The van der Waals surface area contributed by atoms with Gasteiger partial charge in [0, 0.05) is 17.1 Å². The number of nitrogens with zero attached hydrogens (tertiary/aromatic N) is 5. The van der Waals surface area contributed by atoms with Gasteiger partial charge in [-0.25, -0.2) is 4.84 Å². The van der Waals surface area contributed by atoms with E-state index in [1.54, 1.807) is 23.4 Å². The fourth-order valence-corrected chi connectivity index (χ4v) is 4.24. The molecule has 0 amide bonds. The Bertz CT molecular complexity index is 1420. The van der Waals surface area contributed by atoms with Crippen molar-refractivity contribution in [2.75, 3.05) is 27.4 Å². The second-order valence-electron chi connectivity index (χ2n) is 9.61. The first-order valence-electron chi connectivity index (χ1n) is 12.5. The molecular weight excluding hydrogens is 543 g/mol. The first-order chi connectivity index (χ1) is 19.2. The molecular formula is C29H27ClF3N5O2. The van der Waals surface area contributed by atoms with Crippen molar-refractivity contribution in [2.45, 2.75) is 19.1 Å². The van der Waals surface area contributed by atoms with E-state index in [1.165, 1.54) is 22.9 Å². The summed E-state index contributed by atoms with van der Waals surface area (Å²) in [5.41, 5.74) is 2.60. The SMILES string of the molecule is CN(C)CCc1ccc(OC2=C(c3ccc(Cl)cc3)C=NN3OCN(Cc4ccc(C(F)(F)F)cc4)N=C23)cc1. The Morgan fingerprint density at radius 2 is 1.62 bits per heavy atom. The Hall–Kier alpha value is -3.86. The van der Waals surface area contributed by atoms with Gasteiger partial charge in [0.1, 0.15) is 5.75 Å². The van der Waals surface area contributed by atoms with E-state index in [1.807, 2.05) is 50.5 Å². The van der Waals surface area contributed by atoms with Gasteiger partial charge >= 0.3 is 6.18 Å². The fraction of sp³-hybridized carbons (Fsp3) is 0.241. The summed E-state index contributed by atoms with van der Waals surface area (Å²) in [5.74, 6) is 1.32. The molecule has 2 aliphatic heterocycles. The number of hydrogen-bond donors (Lipinski definition) is 0. The van der Waals surface area contributed by atoms with E-state index in [-0.39, 0.29) is 13.3 Å². The average molecular weight is 570 g/mol. The fourth-order valence-electron chi connectivity index (χ4n) is 4.11. The largest absolute Gasteiger partial charge is 0.453 e. The summed E-state index contributed by atoms with van der Waals surface area (Å²) in [4.78, 5) is 7.93. The van der Waals surface area contributed by atoms with E-state index in [0.29, 0.717) is 33.5 Å². The number of benzene rings is 3. The molecule has 0 N–H and O–H groups in total. The molecule has 11 heteroatoms. The van der Waals surface area contributed by atoms with Crippen LogP contribution in [0.1, 0.15) is 22.3 Å². The van der Waals surface area contributed by atoms with Crippen molar-refractivity contribution in [3.8, 4) is 5.75 Å². The van der Waals surface area contributed by atoms with Crippen LogP contribution in [0.3, 0.4) is 0 Å². The van der Waals surface area contributed by atoms with Gasteiger partial charge in [0.15, 0.2) is 12.5 Å². The second-order valence-corrected chi connectivity index (χ2v) is 10.0. The summed E-state index contributed by atoms with van der Waals surface area (Å²) in [6, 6.07) is 20.1. The van der Waals surface area contributed by atoms with Crippen molar-refractivity contribution in [2.24, 2.45) is 10.2 Å². The maximum Gasteiger partial charge on any atom is 0.416 e. The molecule has 208 valence electrons. The van der Waals surface area contributed by atoms with E-state index < -0.39 is 11.7 Å². The molecule has 2 heterocycles. The summed E-state index contributed by atoms with van der Waals surface area (Å²) in [6.07, 6.45) is -1.85. The summed E-state index contributed by atoms with van der Waals surface area (Å²) in [5, 5.41) is 12.6. The van der Waals surface area contributed by atoms with Crippen LogP contribution in [0.15, 0.2) is 88.8 Å². The van der Waals surface area contributed by atoms with Gasteiger partial charge in [0.2, 0.25) is 5.84 Å². The number of ether oxygens (including phenoxy) is 1. The van der Waals surface area contributed by atoms with Crippen LogP contribution < -0.4 is 4.74 Å². The zero-order valence-corrected chi connectivity index (χ0v) is 22.7. The molecule has 40 heavy (non-hydrogen) atoms. The molecule has 0 spiro atoms. The molecule has 0 unspecified atom stereocenters.